The van der Waals surface area contributed by atoms with Crippen molar-refractivity contribution in [3.05, 3.63) is 43.8 Å². The summed E-state index contributed by atoms with van der Waals surface area (Å²) in [5.74, 6) is 0. The zero-order valence-corrected chi connectivity index (χ0v) is 4.62. The molecule has 1 radical (unpaired) electrons. The lowest BCUT2D eigenvalue weighted by Gasteiger charge is -1.70. The molecule has 0 atom stereocenters. The average Bonchev–Trinajstić information content (AvgIpc) is 1.96. The second-order valence-electron chi connectivity index (χ2n) is 1.02. The number of aromatic nitrogens is 1. The first-order valence-corrected chi connectivity index (χ1v) is 2.26. The molecule has 1 heteroatoms. The van der Waals surface area contributed by atoms with Crippen molar-refractivity contribution in [2.24, 2.45) is 0 Å². The van der Waals surface area contributed by atoms with E-state index in [0.717, 1.165) is 0 Å². The number of pyridine rings is 1. The van der Waals surface area contributed by atoms with Crippen LogP contribution in [0.3, 0.4) is 0 Å². The van der Waals surface area contributed by atoms with Gasteiger partial charge in [0.05, 0.1) is 0 Å². The summed E-state index contributed by atoms with van der Waals surface area (Å²) in [6.07, 6.45) is 3.50. The van der Waals surface area contributed by atoms with Gasteiger partial charge in [0.15, 0.2) is 0 Å². The summed E-state index contributed by atoms with van der Waals surface area (Å²) in [5, 5.41) is 0. The van der Waals surface area contributed by atoms with E-state index in [-0.39, 0.29) is 0 Å². The van der Waals surface area contributed by atoms with Gasteiger partial charge in [-0.2, -0.15) is 0 Å². The van der Waals surface area contributed by atoms with Gasteiger partial charge < -0.3 is 0 Å². The first-order chi connectivity index (χ1) is 4.00. The molecule has 0 amide bonds. The summed E-state index contributed by atoms with van der Waals surface area (Å²) < 4.78 is 0. The number of rotatable bonds is 0. The molecule has 0 aliphatic heterocycles. The summed E-state index contributed by atoms with van der Waals surface area (Å²) in [4.78, 5) is 3.78. The minimum absolute atomic E-state index is 1.75. The van der Waals surface area contributed by atoms with Crippen molar-refractivity contribution in [1.82, 2.24) is 4.98 Å². The fourth-order valence-electron chi connectivity index (χ4n) is 0.313. The van der Waals surface area contributed by atoms with Crippen molar-refractivity contribution in [1.29, 1.82) is 0 Å². The van der Waals surface area contributed by atoms with E-state index in [1.54, 1.807) is 12.4 Å². The molecule has 1 nitrogen and oxygen atoms in total. The summed E-state index contributed by atoms with van der Waals surface area (Å²) >= 11 is 0. The van der Waals surface area contributed by atoms with E-state index < -0.39 is 0 Å². The molecular weight excluding hydrogens is 98.1 g/mol. The zero-order chi connectivity index (χ0) is 6.24. The Kier molecular flexibility index (Phi) is 5.07. The van der Waals surface area contributed by atoms with Gasteiger partial charge >= 0.3 is 0 Å². The molecule has 0 aliphatic rings. The lowest BCUT2D eigenvalue weighted by Crippen LogP contribution is -1.58. The van der Waals surface area contributed by atoms with Crippen LogP contribution in [0.15, 0.2) is 37.2 Å². The molecule has 1 aromatic rings. The SMILES string of the molecule is [CH]=C.c1ccncc1. The highest BCUT2D eigenvalue weighted by Crippen LogP contribution is 1.73. The second kappa shape index (κ2) is 5.89. The lowest BCUT2D eigenvalue weighted by atomic mass is 10.5. The maximum atomic E-state index is 4.25. The number of nitrogens with zero attached hydrogens (tertiary/aromatic N) is 1. The maximum absolute atomic E-state index is 4.25. The van der Waals surface area contributed by atoms with E-state index in [1.165, 1.54) is 0 Å². The molecule has 1 aromatic heterocycles. The van der Waals surface area contributed by atoms with Crippen molar-refractivity contribution in [2.45, 2.75) is 0 Å². The molecular formula is C7H8N. The molecule has 0 saturated carbocycles. The molecule has 0 saturated heterocycles. The van der Waals surface area contributed by atoms with Crippen LogP contribution in [0.5, 0.6) is 0 Å². The Balaban J connectivity index is 0.000000222. The monoisotopic (exact) mass is 106 g/mol. The van der Waals surface area contributed by atoms with E-state index >= 15 is 0 Å². The average molecular weight is 106 g/mol. The molecule has 0 bridgehead atoms. The van der Waals surface area contributed by atoms with Crippen LogP contribution in [0, 0.1) is 6.58 Å². The highest BCUT2D eigenvalue weighted by molar-refractivity contribution is 4.88. The first-order valence-electron chi connectivity index (χ1n) is 2.26. The Morgan fingerprint density at radius 1 is 1.00 bits per heavy atom. The summed E-state index contributed by atoms with van der Waals surface area (Å²) in [6, 6.07) is 5.72. The van der Waals surface area contributed by atoms with Crippen molar-refractivity contribution < 1.29 is 0 Å². The molecule has 1 heterocycles. The van der Waals surface area contributed by atoms with Crippen LogP contribution in [0.4, 0.5) is 0 Å². The van der Waals surface area contributed by atoms with Crippen LogP contribution in [0.25, 0.3) is 0 Å². The van der Waals surface area contributed by atoms with Gasteiger partial charge in [0.2, 0.25) is 0 Å². The van der Waals surface area contributed by atoms with Crippen molar-refractivity contribution in [2.75, 3.05) is 0 Å². The molecule has 0 aromatic carbocycles. The van der Waals surface area contributed by atoms with Crippen LogP contribution in [-0.2, 0) is 0 Å². The lowest BCUT2D eigenvalue weighted by molar-refractivity contribution is 1.33. The highest BCUT2D eigenvalue weighted by atomic mass is 14.6. The second-order valence-corrected chi connectivity index (χ2v) is 1.02. The van der Waals surface area contributed by atoms with Gasteiger partial charge in [-0.05, 0) is 12.1 Å². The van der Waals surface area contributed by atoms with E-state index in [4.69, 9.17) is 0 Å². The predicted molar refractivity (Wildman–Crippen MR) is 34.2 cm³/mol. The molecule has 1 rings (SSSR count). The smallest absolute Gasteiger partial charge is 0.0267 e. The third-order valence-corrected chi connectivity index (χ3v) is 0.566. The van der Waals surface area contributed by atoms with Crippen LogP contribution in [-0.4, -0.2) is 4.98 Å². The highest BCUT2D eigenvalue weighted by Gasteiger charge is 1.58. The Morgan fingerprint density at radius 3 is 1.62 bits per heavy atom. The van der Waals surface area contributed by atoms with E-state index in [0.29, 0.717) is 0 Å². The minimum Gasteiger partial charge on any atom is -0.265 e. The van der Waals surface area contributed by atoms with E-state index in [9.17, 15) is 0 Å². The third kappa shape index (κ3) is 3.09. The normalized spacial score (nSPS) is 6.50. The molecule has 0 aliphatic carbocycles. The van der Waals surface area contributed by atoms with Gasteiger partial charge in [-0.15, -0.1) is 0 Å². The fraction of sp³-hybridized carbons (Fsp3) is 0. The molecule has 8 heavy (non-hydrogen) atoms. The van der Waals surface area contributed by atoms with E-state index in [2.05, 4.69) is 18.1 Å². The fourth-order valence-corrected chi connectivity index (χ4v) is 0.313. The van der Waals surface area contributed by atoms with E-state index in [1.807, 2.05) is 18.2 Å². The van der Waals surface area contributed by atoms with Crippen LogP contribution in [0.2, 0.25) is 0 Å². The molecule has 41 valence electrons. The van der Waals surface area contributed by atoms with Gasteiger partial charge in [0.25, 0.3) is 0 Å². The standard InChI is InChI=1S/C5H5N.C2H3/c1-2-4-6-5-3-1;1-2/h1-5H;1H,2H2. The third-order valence-electron chi connectivity index (χ3n) is 0.566. The summed E-state index contributed by atoms with van der Waals surface area (Å²) in [5.41, 5.74) is 0. The number of hydrogen-bond donors (Lipinski definition) is 0. The van der Waals surface area contributed by atoms with Gasteiger partial charge in [-0.3, -0.25) is 4.98 Å². The van der Waals surface area contributed by atoms with Gasteiger partial charge in [-0.1, -0.05) is 19.2 Å². The largest absolute Gasteiger partial charge is 0.265 e. The maximum Gasteiger partial charge on any atom is 0.0267 e. The quantitative estimate of drug-likeness (QED) is 0.490. The number of hydrogen-bond acceptors (Lipinski definition) is 1. The predicted octanol–water partition coefficient (Wildman–Crippen LogP) is 1.69. The Hall–Kier alpha value is -1.11. The summed E-state index contributed by atoms with van der Waals surface area (Å²) in [6.45, 7) is 7.00. The zero-order valence-electron chi connectivity index (χ0n) is 4.62. The first kappa shape index (κ1) is 6.89. The van der Waals surface area contributed by atoms with Crippen molar-refractivity contribution in [3.8, 4) is 0 Å². The topological polar surface area (TPSA) is 12.9 Å². The van der Waals surface area contributed by atoms with Crippen molar-refractivity contribution >= 4 is 0 Å². The van der Waals surface area contributed by atoms with Gasteiger partial charge in [0, 0.05) is 12.4 Å². The molecule has 0 fully saturated rings. The molecule has 0 N–H and O–H groups in total. The van der Waals surface area contributed by atoms with Gasteiger partial charge in [-0.25, -0.2) is 0 Å². The Morgan fingerprint density at radius 2 is 1.50 bits per heavy atom. The van der Waals surface area contributed by atoms with Crippen LogP contribution >= 0.6 is 0 Å². The van der Waals surface area contributed by atoms with Gasteiger partial charge in [0.1, 0.15) is 0 Å². The minimum atomic E-state index is 1.75. The van der Waals surface area contributed by atoms with Crippen LogP contribution < -0.4 is 0 Å². The molecule has 0 spiro atoms. The Labute approximate surface area is 49.7 Å². The Bertz CT molecular complexity index is 87.2. The van der Waals surface area contributed by atoms with Crippen LogP contribution in [0.1, 0.15) is 0 Å². The van der Waals surface area contributed by atoms with Crippen molar-refractivity contribution in [3.63, 3.8) is 0 Å². The molecule has 0 unspecified atom stereocenters. The summed E-state index contributed by atoms with van der Waals surface area (Å²) in [7, 11) is 0.